The van der Waals surface area contributed by atoms with Crippen LogP contribution in [0.15, 0.2) is 24.3 Å². The number of nitrogens with zero attached hydrogens (tertiary/aromatic N) is 1. The summed E-state index contributed by atoms with van der Waals surface area (Å²) in [5.74, 6) is 0. The summed E-state index contributed by atoms with van der Waals surface area (Å²) in [6.45, 7) is 2.18. The number of benzene rings is 1. The molecule has 2 aliphatic rings. The minimum Gasteiger partial charge on any atom is -0.382 e. The van der Waals surface area contributed by atoms with E-state index in [9.17, 15) is 0 Å². The van der Waals surface area contributed by atoms with Crippen LogP contribution < -0.4 is 16.0 Å². The maximum atomic E-state index is 5.99. The number of para-hydroxylation sites is 2. The Morgan fingerprint density at radius 2 is 1.88 bits per heavy atom. The Kier molecular flexibility index (Phi) is 2.93. The van der Waals surface area contributed by atoms with Gasteiger partial charge in [-0.15, -0.1) is 0 Å². The van der Waals surface area contributed by atoms with Crippen LogP contribution in [0.25, 0.3) is 0 Å². The molecule has 0 amide bonds. The third-order valence-corrected chi connectivity index (χ3v) is 4.06. The lowest BCUT2D eigenvalue weighted by molar-refractivity contribution is 0.376. The standard InChI is InChI=1S/C14H21N3/c15-11-5-7-12(8-6-11)17-10-9-16-13-3-1-2-4-14(13)17/h1-4,11-12,16H,5-10,15H2. The summed E-state index contributed by atoms with van der Waals surface area (Å²) in [6.07, 6.45) is 4.85. The van der Waals surface area contributed by atoms with Crippen molar-refractivity contribution in [2.45, 2.75) is 37.8 Å². The SMILES string of the molecule is NC1CCC(N2CCNc3ccccc32)CC1. The third-order valence-electron chi connectivity index (χ3n) is 4.06. The van der Waals surface area contributed by atoms with Gasteiger partial charge >= 0.3 is 0 Å². The monoisotopic (exact) mass is 231 g/mol. The van der Waals surface area contributed by atoms with Gasteiger partial charge in [0, 0.05) is 25.2 Å². The van der Waals surface area contributed by atoms with E-state index in [2.05, 4.69) is 34.5 Å². The van der Waals surface area contributed by atoms with Gasteiger partial charge in [0.25, 0.3) is 0 Å². The van der Waals surface area contributed by atoms with E-state index in [0.717, 1.165) is 13.1 Å². The lowest BCUT2D eigenvalue weighted by atomic mass is 9.90. The van der Waals surface area contributed by atoms with Gasteiger partial charge < -0.3 is 16.0 Å². The van der Waals surface area contributed by atoms with Gasteiger partial charge in [-0.2, -0.15) is 0 Å². The average molecular weight is 231 g/mol. The summed E-state index contributed by atoms with van der Waals surface area (Å²) in [6, 6.07) is 9.77. The molecule has 0 saturated heterocycles. The molecule has 1 aromatic carbocycles. The first kappa shape index (κ1) is 10.9. The molecule has 3 nitrogen and oxygen atoms in total. The van der Waals surface area contributed by atoms with E-state index in [1.54, 1.807) is 0 Å². The van der Waals surface area contributed by atoms with Gasteiger partial charge in [-0.3, -0.25) is 0 Å². The molecule has 0 aromatic heterocycles. The summed E-state index contributed by atoms with van der Waals surface area (Å²) in [5.41, 5.74) is 8.65. The molecule has 1 heterocycles. The summed E-state index contributed by atoms with van der Waals surface area (Å²) in [5, 5.41) is 3.47. The highest BCUT2D eigenvalue weighted by Crippen LogP contribution is 2.33. The van der Waals surface area contributed by atoms with Crippen LogP contribution in [0.4, 0.5) is 11.4 Å². The number of fused-ring (bicyclic) bond motifs is 1. The Morgan fingerprint density at radius 1 is 1.12 bits per heavy atom. The van der Waals surface area contributed by atoms with Crippen molar-refractivity contribution in [3.8, 4) is 0 Å². The van der Waals surface area contributed by atoms with Gasteiger partial charge in [-0.05, 0) is 37.8 Å². The van der Waals surface area contributed by atoms with E-state index in [0.29, 0.717) is 12.1 Å². The van der Waals surface area contributed by atoms with Crippen LogP contribution in [0, 0.1) is 0 Å². The molecule has 1 aliphatic heterocycles. The lowest BCUT2D eigenvalue weighted by Gasteiger charge is -2.41. The molecule has 1 aromatic rings. The van der Waals surface area contributed by atoms with Crippen LogP contribution in [-0.2, 0) is 0 Å². The Morgan fingerprint density at radius 3 is 2.71 bits per heavy atom. The first-order valence-electron chi connectivity index (χ1n) is 6.70. The van der Waals surface area contributed by atoms with Crippen LogP contribution >= 0.6 is 0 Å². The highest BCUT2D eigenvalue weighted by molar-refractivity contribution is 5.72. The van der Waals surface area contributed by atoms with Gasteiger partial charge in [0.2, 0.25) is 0 Å². The molecule has 0 atom stereocenters. The third kappa shape index (κ3) is 2.12. The summed E-state index contributed by atoms with van der Waals surface area (Å²) in [4.78, 5) is 2.58. The fraction of sp³-hybridized carbons (Fsp3) is 0.571. The second-order valence-electron chi connectivity index (χ2n) is 5.21. The van der Waals surface area contributed by atoms with Crippen molar-refractivity contribution in [1.29, 1.82) is 0 Å². The zero-order valence-corrected chi connectivity index (χ0v) is 10.2. The molecule has 92 valence electrons. The minimum atomic E-state index is 0.435. The Bertz CT molecular complexity index is 383. The number of rotatable bonds is 1. The molecule has 0 radical (unpaired) electrons. The second-order valence-corrected chi connectivity index (χ2v) is 5.21. The summed E-state index contributed by atoms with van der Waals surface area (Å²) in [7, 11) is 0. The molecule has 1 fully saturated rings. The zero-order chi connectivity index (χ0) is 11.7. The topological polar surface area (TPSA) is 41.3 Å². The van der Waals surface area contributed by atoms with Crippen LogP contribution in [0.2, 0.25) is 0 Å². The number of hydrogen-bond acceptors (Lipinski definition) is 3. The number of nitrogens with two attached hydrogens (primary N) is 1. The molecule has 3 rings (SSSR count). The highest BCUT2D eigenvalue weighted by atomic mass is 15.2. The highest BCUT2D eigenvalue weighted by Gasteiger charge is 2.27. The molecule has 3 N–H and O–H groups in total. The number of hydrogen-bond donors (Lipinski definition) is 2. The van der Waals surface area contributed by atoms with Crippen LogP contribution in [0.5, 0.6) is 0 Å². The molecular weight excluding hydrogens is 210 g/mol. The Balaban J connectivity index is 1.80. The van der Waals surface area contributed by atoms with Crippen molar-refractivity contribution in [3.63, 3.8) is 0 Å². The number of anilines is 2. The molecular formula is C14H21N3. The van der Waals surface area contributed by atoms with Crippen LogP contribution in [0.1, 0.15) is 25.7 Å². The van der Waals surface area contributed by atoms with Crippen LogP contribution in [-0.4, -0.2) is 25.2 Å². The maximum Gasteiger partial charge on any atom is 0.0605 e. The van der Waals surface area contributed by atoms with Crippen LogP contribution in [0.3, 0.4) is 0 Å². The normalized spacial score (nSPS) is 28.4. The second kappa shape index (κ2) is 4.57. The Hall–Kier alpha value is -1.22. The van der Waals surface area contributed by atoms with Gasteiger partial charge in [-0.1, -0.05) is 12.1 Å². The summed E-state index contributed by atoms with van der Waals surface area (Å²) >= 11 is 0. The van der Waals surface area contributed by atoms with Crippen molar-refractivity contribution in [2.75, 3.05) is 23.3 Å². The molecule has 0 unspecified atom stereocenters. The van der Waals surface area contributed by atoms with Gasteiger partial charge in [0.1, 0.15) is 0 Å². The van der Waals surface area contributed by atoms with Gasteiger partial charge in [0.15, 0.2) is 0 Å². The minimum absolute atomic E-state index is 0.435. The van der Waals surface area contributed by atoms with Gasteiger partial charge in [0.05, 0.1) is 11.4 Å². The van der Waals surface area contributed by atoms with E-state index < -0.39 is 0 Å². The predicted molar refractivity (Wildman–Crippen MR) is 72.5 cm³/mol. The first-order valence-corrected chi connectivity index (χ1v) is 6.70. The molecule has 1 saturated carbocycles. The van der Waals surface area contributed by atoms with Crippen molar-refractivity contribution in [1.82, 2.24) is 0 Å². The Labute approximate surface area is 103 Å². The lowest BCUT2D eigenvalue weighted by Crippen LogP contribution is -2.45. The van der Waals surface area contributed by atoms with E-state index in [-0.39, 0.29) is 0 Å². The smallest absolute Gasteiger partial charge is 0.0605 e. The van der Waals surface area contributed by atoms with E-state index in [1.807, 2.05) is 0 Å². The zero-order valence-electron chi connectivity index (χ0n) is 10.2. The van der Waals surface area contributed by atoms with E-state index >= 15 is 0 Å². The van der Waals surface area contributed by atoms with Crippen molar-refractivity contribution in [2.24, 2.45) is 5.73 Å². The number of nitrogens with one attached hydrogen (secondary N) is 1. The molecule has 1 aliphatic carbocycles. The summed E-state index contributed by atoms with van der Waals surface area (Å²) < 4.78 is 0. The largest absolute Gasteiger partial charge is 0.382 e. The fourth-order valence-electron chi connectivity index (χ4n) is 3.10. The van der Waals surface area contributed by atoms with Crippen molar-refractivity contribution < 1.29 is 0 Å². The van der Waals surface area contributed by atoms with Gasteiger partial charge in [-0.25, -0.2) is 0 Å². The predicted octanol–water partition coefficient (Wildman–Crippen LogP) is 2.19. The van der Waals surface area contributed by atoms with E-state index in [4.69, 9.17) is 5.73 Å². The fourth-order valence-corrected chi connectivity index (χ4v) is 3.10. The van der Waals surface area contributed by atoms with Crippen molar-refractivity contribution >= 4 is 11.4 Å². The van der Waals surface area contributed by atoms with Crippen molar-refractivity contribution in [3.05, 3.63) is 24.3 Å². The maximum absolute atomic E-state index is 5.99. The molecule has 17 heavy (non-hydrogen) atoms. The molecule has 3 heteroatoms. The first-order chi connectivity index (χ1) is 8.34. The van der Waals surface area contributed by atoms with E-state index in [1.165, 1.54) is 37.1 Å². The quantitative estimate of drug-likeness (QED) is 0.778. The molecule has 0 bridgehead atoms. The average Bonchev–Trinajstić information content (AvgIpc) is 2.39. The molecule has 0 spiro atoms.